The SMILES string of the molecule is CS(=O)(=O)c1ccc(C(=O)C2C(=O)CCCC2=O)c([N+](=O)[O-])c1.O=C(O)C1=NOC(c2ccccc2)(c2ccccc2)C1. The monoisotopic (exact) mass is 606 g/mol. The summed E-state index contributed by atoms with van der Waals surface area (Å²) in [6.07, 6.45) is 1.59. The minimum absolute atomic E-state index is 0.0395. The molecule has 0 radical (unpaired) electrons. The average molecular weight is 607 g/mol. The minimum atomic E-state index is -3.70. The zero-order chi connectivity index (χ0) is 31.4. The topological polar surface area (TPSA) is 187 Å². The highest BCUT2D eigenvalue weighted by Gasteiger charge is 2.44. The van der Waals surface area contributed by atoms with E-state index in [1.54, 1.807) is 0 Å². The van der Waals surface area contributed by atoms with Crippen LogP contribution in [0.3, 0.4) is 0 Å². The molecule has 1 fully saturated rings. The highest BCUT2D eigenvalue weighted by atomic mass is 32.2. The third kappa shape index (κ3) is 6.56. The molecular formula is C30H26N2O10S. The maximum absolute atomic E-state index is 12.4. The fourth-order valence-electron chi connectivity index (χ4n) is 4.89. The number of Topliss-reactive ketones (excluding diaryl/α,β-unsaturated/α-hetero) is 3. The van der Waals surface area contributed by atoms with Crippen LogP contribution in [0.5, 0.6) is 0 Å². The molecule has 0 amide bonds. The van der Waals surface area contributed by atoms with Gasteiger partial charge in [-0.25, -0.2) is 13.2 Å². The molecule has 1 aliphatic carbocycles. The molecule has 3 aromatic carbocycles. The van der Waals surface area contributed by atoms with E-state index in [0.717, 1.165) is 35.6 Å². The van der Waals surface area contributed by atoms with E-state index in [0.29, 0.717) is 6.42 Å². The second kappa shape index (κ2) is 12.4. The first-order chi connectivity index (χ1) is 20.3. The molecule has 43 heavy (non-hydrogen) atoms. The second-order valence-corrected chi connectivity index (χ2v) is 12.0. The number of carboxylic acid groups (broad SMARTS) is 1. The minimum Gasteiger partial charge on any atom is -0.477 e. The van der Waals surface area contributed by atoms with Crippen LogP contribution in [0, 0.1) is 16.0 Å². The van der Waals surface area contributed by atoms with Gasteiger partial charge in [-0.05, 0) is 18.6 Å². The van der Waals surface area contributed by atoms with Gasteiger partial charge in [-0.1, -0.05) is 65.8 Å². The van der Waals surface area contributed by atoms with E-state index < -0.39 is 60.8 Å². The van der Waals surface area contributed by atoms with E-state index in [-0.39, 0.29) is 29.9 Å². The van der Waals surface area contributed by atoms with Crippen LogP contribution in [0.15, 0.2) is 88.9 Å². The van der Waals surface area contributed by atoms with Gasteiger partial charge in [-0.3, -0.25) is 24.5 Å². The van der Waals surface area contributed by atoms with Crippen molar-refractivity contribution in [3.63, 3.8) is 0 Å². The summed E-state index contributed by atoms with van der Waals surface area (Å²) in [7, 11) is -3.70. The predicted octanol–water partition coefficient (Wildman–Crippen LogP) is 3.91. The number of nitrogens with zero attached hydrogens (tertiary/aromatic N) is 2. The van der Waals surface area contributed by atoms with E-state index >= 15 is 0 Å². The first-order valence-corrected chi connectivity index (χ1v) is 14.9. The number of ketones is 3. The average Bonchev–Trinajstić information content (AvgIpc) is 3.45. The quantitative estimate of drug-likeness (QED) is 0.179. The zero-order valence-corrected chi connectivity index (χ0v) is 23.7. The molecule has 222 valence electrons. The number of aliphatic carboxylic acids is 1. The lowest BCUT2D eigenvalue weighted by Gasteiger charge is -2.27. The van der Waals surface area contributed by atoms with Gasteiger partial charge in [-0.2, -0.15) is 0 Å². The van der Waals surface area contributed by atoms with E-state index in [2.05, 4.69) is 5.16 Å². The molecule has 1 heterocycles. The van der Waals surface area contributed by atoms with Crippen molar-refractivity contribution >= 4 is 44.6 Å². The molecule has 13 heteroatoms. The normalized spacial score (nSPS) is 16.3. The standard InChI is InChI=1S/C16H13NO3.C14H13NO7S/c18-15(19)14-11-16(20-17-14,12-7-3-1-4-8-12)13-9-5-2-6-10-13;1-23(21,22)8-5-6-9(10(7-8)15(19)20)14(18)13-11(16)3-2-4-12(13)17/h1-10H,11H2,(H,18,19);5-7,13H,2-4H2,1H3. The predicted molar refractivity (Wildman–Crippen MR) is 152 cm³/mol. The molecule has 3 aromatic rings. The number of oxime groups is 1. The number of carbonyl (C=O) groups excluding carboxylic acids is 3. The first kappa shape index (κ1) is 30.9. The van der Waals surface area contributed by atoms with Gasteiger partial charge in [0.2, 0.25) is 0 Å². The molecule has 0 aromatic heterocycles. The number of carbonyl (C=O) groups is 4. The largest absolute Gasteiger partial charge is 0.477 e. The summed E-state index contributed by atoms with van der Waals surface area (Å²) in [5.74, 6) is -4.66. The fraction of sp³-hybridized carbons (Fsp3) is 0.233. The molecular weight excluding hydrogens is 580 g/mol. The molecule has 12 nitrogen and oxygen atoms in total. The summed E-state index contributed by atoms with van der Waals surface area (Å²) in [4.78, 5) is 62.7. The van der Waals surface area contributed by atoms with Gasteiger partial charge >= 0.3 is 5.97 Å². The summed E-state index contributed by atoms with van der Waals surface area (Å²) in [6, 6.07) is 21.9. The molecule has 0 saturated heterocycles. The molecule has 0 atom stereocenters. The van der Waals surface area contributed by atoms with E-state index in [1.807, 2.05) is 60.7 Å². The Morgan fingerprint density at radius 2 is 1.49 bits per heavy atom. The maximum atomic E-state index is 12.4. The van der Waals surface area contributed by atoms with Crippen molar-refractivity contribution < 1.29 is 42.5 Å². The Hall–Kier alpha value is -5.04. The molecule has 0 unspecified atom stereocenters. The van der Waals surface area contributed by atoms with Crippen molar-refractivity contribution in [3.05, 3.63) is 106 Å². The molecule has 1 N–H and O–H groups in total. The van der Waals surface area contributed by atoms with E-state index in [4.69, 9.17) is 9.94 Å². The Bertz CT molecular complexity index is 1680. The van der Waals surface area contributed by atoms with Crippen molar-refractivity contribution in [2.45, 2.75) is 36.2 Å². The first-order valence-electron chi connectivity index (χ1n) is 13.0. The number of sulfone groups is 1. The number of nitro groups is 1. The van der Waals surface area contributed by atoms with Crippen LogP contribution in [-0.2, 0) is 34.7 Å². The molecule has 0 spiro atoms. The van der Waals surface area contributed by atoms with Crippen LogP contribution in [0.4, 0.5) is 5.69 Å². The molecule has 5 rings (SSSR count). The molecule has 1 aliphatic heterocycles. The Kier molecular flexibility index (Phi) is 8.95. The zero-order valence-electron chi connectivity index (χ0n) is 22.8. The van der Waals surface area contributed by atoms with Crippen molar-refractivity contribution in [1.29, 1.82) is 0 Å². The summed E-state index contributed by atoms with van der Waals surface area (Å²) in [5, 5.41) is 24.0. The Balaban J connectivity index is 0.000000198. The third-order valence-corrected chi connectivity index (χ3v) is 8.18. The fourth-order valence-corrected chi connectivity index (χ4v) is 5.53. The summed E-state index contributed by atoms with van der Waals surface area (Å²) >= 11 is 0. The number of nitro benzene ring substituents is 1. The number of hydrogen-bond acceptors (Lipinski definition) is 10. The van der Waals surface area contributed by atoms with Crippen LogP contribution in [0.25, 0.3) is 0 Å². The van der Waals surface area contributed by atoms with E-state index in [9.17, 15) is 37.7 Å². The van der Waals surface area contributed by atoms with Gasteiger partial charge in [0.25, 0.3) is 5.69 Å². The summed E-state index contributed by atoms with van der Waals surface area (Å²) in [5.41, 5.74) is -0.189. The van der Waals surface area contributed by atoms with Crippen molar-refractivity contribution in [2.75, 3.05) is 6.26 Å². The smallest absolute Gasteiger partial charge is 0.353 e. The lowest BCUT2D eigenvalue weighted by atomic mass is 9.81. The van der Waals surface area contributed by atoms with Gasteiger partial charge in [0.1, 0.15) is 5.92 Å². The Morgan fingerprint density at radius 3 is 1.93 bits per heavy atom. The second-order valence-electron chi connectivity index (χ2n) is 9.96. The molecule has 1 saturated carbocycles. The lowest BCUT2D eigenvalue weighted by Crippen LogP contribution is -2.35. The van der Waals surface area contributed by atoms with Gasteiger partial charge in [-0.15, -0.1) is 0 Å². The number of carboxylic acids is 1. The number of hydrogen-bond donors (Lipinski definition) is 1. The van der Waals surface area contributed by atoms with Crippen molar-refractivity contribution in [1.82, 2.24) is 0 Å². The van der Waals surface area contributed by atoms with Crippen LogP contribution >= 0.6 is 0 Å². The van der Waals surface area contributed by atoms with Crippen molar-refractivity contribution in [3.8, 4) is 0 Å². The molecule has 0 bridgehead atoms. The summed E-state index contributed by atoms with van der Waals surface area (Å²) < 4.78 is 23.0. The van der Waals surface area contributed by atoms with Gasteiger partial charge in [0, 0.05) is 36.3 Å². The van der Waals surface area contributed by atoms with Gasteiger partial charge in [0.15, 0.2) is 38.5 Å². The third-order valence-electron chi connectivity index (χ3n) is 7.07. The highest BCUT2D eigenvalue weighted by Crippen LogP contribution is 2.41. The van der Waals surface area contributed by atoms with Gasteiger partial charge in [0.05, 0.1) is 21.8 Å². The Labute approximate surface area is 246 Å². The lowest BCUT2D eigenvalue weighted by molar-refractivity contribution is -0.385. The van der Waals surface area contributed by atoms with Crippen LogP contribution < -0.4 is 0 Å². The van der Waals surface area contributed by atoms with Crippen LogP contribution in [-0.4, -0.2) is 53.7 Å². The van der Waals surface area contributed by atoms with Crippen LogP contribution in [0.1, 0.15) is 47.2 Å². The maximum Gasteiger partial charge on any atom is 0.353 e. The summed E-state index contributed by atoms with van der Waals surface area (Å²) in [6.45, 7) is 0. The number of rotatable bonds is 7. The Morgan fingerprint density at radius 1 is 0.953 bits per heavy atom. The highest BCUT2D eigenvalue weighted by molar-refractivity contribution is 7.90. The van der Waals surface area contributed by atoms with Gasteiger partial charge < -0.3 is 9.94 Å². The van der Waals surface area contributed by atoms with Crippen LogP contribution in [0.2, 0.25) is 0 Å². The number of benzene rings is 3. The van der Waals surface area contributed by atoms with Crippen molar-refractivity contribution in [2.24, 2.45) is 11.1 Å². The molecule has 2 aliphatic rings. The van der Waals surface area contributed by atoms with E-state index in [1.165, 1.54) is 0 Å².